The number of nitrogens with two attached hydrogens (primary N) is 1. The molecule has 1 saturated heterocycles. The molecule has 2 rings (SSSR count). The standard InChI is InChI=1S/C10H13FN2/c1-6-2-8(7-4-13-5-7)9(11)3-10(6)12/h2-3,7,13H,4-5,12H2,1H3. The van der Waals surface area contributed by atoms with Gasteiger partial charge in [0.15, 0.2) is 0 Å². The van der Waals surface area contributed by atoms with E-state index < -0.39 is 0 Å². The second-order valence-corrected chi connectivity index (χ2v) is 3.59. The molecule has 0 unspecified atom stereocenters. The van der Waals surface area contributed by atoms with Crippen molar-refractivity contribution in [3.8, 4) is 0 Å². The molecule has 70 valence electrons. The predicted molar refractivity (Wildman–Crippen MR) is 51.2 cm³/mol. The number of benzene rings is 1. The minimum Gasteiger partial charge on any atom is -0.398 e. The second kappa shape index (κ2) is 3.00. The molecule has 0 aliphatic carbocycles. The van der Waals surface area contributed by atoms with Crippen molar-refractivity contribution in [2.24, 2.45) is 0 Å². The molecule has 2 nitrogen and oxygen atoms in total. The predicted octanol–water partition coefficient (Wildman–Crippen LogP) is 1.40. The van der Waals surface area contributed by atoms with Gasteiger partial charge in [-0.25, -0.2) is 4.39 Å². The van der Waals surface area contributed by atoms with Crippen LogP contribution in [0.3, 0.4) is 0 Å². The summed E-state index contributed by atoms with van der Waals surface area (Å²) in [6.07, 6.45) is 0. The van der Waals surface area contributed by atoms with Crippen LogP contribution < -0.4 is 11.1 Å². The van der Waals surface area contributed by atoms with E-state index in [1.165, 1.54) is 6.07 Å². The minimum absolute atomic E-state index is 0.172. The highest BCUT2D eigenvalue weighted by atomic mass is 19.1. The summed E-state index contributed by atoms with van der Waals surface area (Å²) >= 11 is 0. The zero-order chi connectivity index (χ0) is 9.42. The highest BCUT2D eigenvalue weighted by molar-refractivity contribution is 5.49. The van der Waals surface area contributed by atoms with Gasteiger partial charge in [0.05, 0.1) is 0 Å². The highest BCUT2D eigenvalue weighted by Gasteiger charge is 2.22. The fourth-order valence-electron chi connectivity index (χ4n) is 1.54. The van der Waals surface area contributed by atoms with Crippen LogP contribution in [0.4, 0.5) is 10.1 Å². The van der Waals surface area contributed by atoms with E-state index in [4.69, 9.17) is 5.73 Å². The van der Waals surface area contributed by atoms with E-state index in [-0.39, 0.29) is 5.82 Å². The lowest BCUT2D eigenvalue weighted by Gasteiger charge is -2.28. The summed E-state index contributed by atoms with van der Waals surface area (Å²) in [5.41, 5.74) is 7.89. The number of nitrogens with one attached hydrogen (secondary N) is 1. The minimum atomic E-state index is -0.172. The first-order valence-corrected chi connectivity index (χ1v) is 4.44. The number of anilines is 1. The fourth-order valence-corrected chi connectivity index (χ4v) is 1.54. The third-order valence-electron chi connectivity index (χ3n) is 2.61. The molecular formula is C10H13FN2. The van der Waals surface area contributed by atoms with Crippen molar-refractivity contribution < 1.29 is 4.39 Å². The van der Waals surface area contributed by atoms with E-state index in [9.17, 15) is 4.39 Å². The van der Waals surface area contributed by atoms with Crippen molar-refractivity contribution in [2.45, 2.75) is 12.8 Å². The largest absolute Gasteiger partial charge is 0.398 e. The van der Waals surface area contributed by atoms with Crippen LogP contribution in [0.25, 0.3) is 0 Å². The molecule has 0 spiro atoms. The maximum absolute atomic E-state index is 13.4. The van der Waals surface area contributed by atoms with Gasteiger partial charge in [-0.1, -0.05) is 6.07 Å². The van der Waals surface area contributed by atoms with E-state index in [1.54, 1.807) is 0 Å². The molecule has 0 amide bonds. The van der Waals surface area contributed by atoms with E-state index in [0.29, 0.717) is 11.6 Å². The summed E-state index contributed by atoms with van der Waals surface area (Å²) in [5, 5.41) is 3.12. The first-order chi connectivity index (χ1) is 6.18. The summed E-state index contributed by atoms with van der Waals surface area (Å²) in [6, 6.07) is 3.28. The van der Waals surface area contributed by atoms with Crippen LogP contribution in [0, 0.1) is 12.7 Å². The van der Waals surface area contributed by atoms with E-state index in [1.807, 2.05) is 13.0 Å². The molecule has 13 heavy (non-hydrogen) atoms. The lowest BCUT2D eigenvalue weighted by atomic mass is 9.92. The van der Waals surface area contributed by atoms with Crippen LogP contribution in [-0.2, 0) is 0 Å². The van der Waals surface area contributed by atoms with Gasteiger partial charge in [-0.15, -0.1) is 0 Å². The first kappa shape index (κ1) is 8.51. The molecule has 3 heteroatoms. The fraction of sp³-hybridized carbons (Fsp3) is 0.400. The molecule has 3 N–H and O–H groups in total. The zero-order valence-electron chi connectivity index (χ0n) is 7.60. The maximum Gasteiger partial charge on any atom is 0.128 e. The zero-order valence-corrected chi connectivity index (χ0v) is 7.60. The molecule has 1 aromatic carbocycles. The van der Waals surface area contributed by atoms with Crippen molar-refractivity contribution >= 4 is 5.69 Å². The van der Waals surface area contributed by atoms with E-state index in [2.05, 4.69) is 5.32 Å². The number of hydrogen-bond donors (Lipinski definition) is 2. The molecule has 1 aromatic rings. The van der Waals surface area contributed by atoms with E-state index in [0.717, 1.165) is 24.2 Å². The topological polar surface area (TPSA) is 38.0 Å². The molecule has 0 aromatic heterocycles. The summed E-state index contributed by atoms with van der Waals surface area (Å²) in [4.78, 5) is 0. The van der Waals surface area contributed by atoms with E-state index >= 15 is 0 Å². The van der Waals surface area contributed by atoms with Crippen LogP contribution >= 0.6 is 0 Å². The Hall–Kier alpha value is -1.09. The van der Waals surface area contributed by atoms with Gasteiger partial charge in [0.25, 0.3) is 0 Å². The molecule has 0 saturated carbocycles. The smallest absolute Gasteiger partial charge is 0.128 e. The molecule has 1 fully saturated rings. The number of nitrogen functional groups attached to an aromatic ring is 1. The Bertz CT molecular complexity index is 332. The average molecular weight is 180 g/mol. The molecule has 1 heterocycles. The number of rotatable bonds is 1. The normalized spacial score (nSPS) is 17.1. The molecule has 1 aliphatic heterocycles. The lowest BCUT2D eigenvalue weighted by Crippen LogP contribution is -2.40. The van der Waals surface area contributed by atoms with Gasteiger partial charge in [0, 0.05) is 24.7 Å². The number of aryl methyl sites for hydroxylation is 1. The highest BCUT2D eigenvalue weighted by Crippen LogP contribution is 2.26. The van der Waals surface area contributed by atoms with Crippen molar-refractivity contribution in [3.05, 3.63) is 29.1 Å². The Morgan fingerprint density at radius 2 is 2.15 bits per heavy atom. The molecule has 1 aliphatic rings. The monoisotopic (exact) mass is 180 g/mol. The lowest BCUT2D eigenvalue weighted by molar-refractivity contribution is 0.431. The van der Waals surface area contributed by atoms with Gasteiger partial charge in [-0.2, -0.15) is 0 Å². The quantitative estimate of drug-likeness (QED) is 0.641. The summed E-state index contributed by atoms with van der Waals surface area (Å²) in [5.74, 6) is 0.161. The SMILES string of the molecule is Cc1cc(C2CNC2)c(F)cc1N. The Kier molecular flexibility index (Phi) is 1.96. The van der Waals surface area contributed by atoms with Crippen LogP contribution in [0.2, 0.25) is 0 Å². The Balaban J connectivity index is 2.39. The Morgan fingerprint density at radius 1 is 1.46 bits per heavy atom. The summed E-state index contributed by atoms with van der Waals surface area (Å²) in [6.45, 7) is 3.66. The summed E-state index contributed by atoms with van der Waals surface area (Å²) in [7, 11) is 0. The van der Waals surface area contributed by atoms with Crippen molar-refractivity contribution in [2.75, 3.05) is 18.8 Å². The third kappa shape index (κ3) is 1.40. The third-order valence-corrected chi connectivity index (χ3v) is 2.61. The molecular weight excluding hydrogens is 167 g/mol. The average Bonchev–Trinajstić information content (AvgIpc) is 1.96. The van der Waals surface area contributed by atoms with Gasteiger partial charge >= 0.3 is 0 Å². The van der Waals surface area contributed by atoms with Crippen LogP contribution in [0.1, 0.15) is 17.0 Å². The Morgan fingerprint density at radius 3 is 2.69 bits per heavy atom. The number of halogens is 1. The van der Waals surface area contributed by atoms with Crippen LogP contribution in [0.15, 0.2) is 12.1 Å². The Labute approximate surface area is 76.9 Å². The van der Waals surface area contributed by atoms with Gasteiger partial charge in [-0.05, 0) is 24.1 Å². The summed E-state index contributed by atoms with van der Waals surface area (Å²) < 4.78 is 13.4. The van der Waals surface area contributed by atoms with Gasteiger partial charge in [0.1, 0.15) is 5.82 Å². The second-order valence-electron chi connectivity index (χ2n) is 3.59. The first-order valence-electron chi connectivity index (χ1n) is 4.44. The van der Waals surface area contributed by atoms with Crippen molar-refractivity contribution in [1.29, 1.82) is 0 Å². The van der Waals surface area contributed by atoms with Gasteiger partial charge in [0.2, 0.25) is 0 Å². The molecule has 0 atom stereocenters. The van der Waals surface area contributed by atoms with Crippen molar-refractivity contribution in [1.82, 2.24) is 5.32 Å². The van der Waals surface area contributed by atoms with Gasteiger partial charge < -0.3 is 11.1 Å². The maximum atomic E-state index is 13.4. The van der Waals surface area contributed by atoms with Crippen LogP contribution in [-0.4, -0.2) is 13.1 Å². The molecule has 0 radical (unpaired) electrons. The van der Waals surface area contributed by atoms with Crippen LogP contribution in [0.5, 0.6) is 0 Å². The van der Waals surface area contributed by atoms with Gasteiger partial charge in [-0.3, -0.25) is 0 Å². The molecule has 0 bridgehead atoms. The van der Waals surface area contributed by atoms with Crippen molar-refractivity contribution in [3.63, 3.8) is 0 Å². The number of hydrogen-bond acceptors (Lipinski definition) is 2.